The van der Waals surface area contributed by atoms with E-state index in [2.05, 4.69) is 184 Å². The van der Waals surface area contributed by atoms with Gasteiger partial charge in [0.2, 0.25) is 0 Å². The minimum Gasteiger partial charge on any atom is -0.378 e. The smallest absolute Gasteiger partial charge is 0.0449 e. The van der Waals surface area contributed by atoms with E-state index in [0.29, 0.717) is 0 Å². The molecule has 0 fully saturated rings. The van der Waals surface area contributed by atoms with Crippen molar-refractivity contribution in [1.29, 1.82) is 0 Å². The molecule has 0 aliphatic carbocycles. The molecule has 0 N–H and O–H groups in total. The molecule has 6 aromatic rings. The predicted molar refractivity (Wildman–Crippen MR) is 198 cm³/mol. The van der Waals surface area contributed by atoms with Crippen LogP contribution in [0.25, 0.3) is 54.9 Å². The number of hydrogen-bond acceptors (Lipinski definition) is 4. The largest absolute Gasteiger partial charge is 0.378 e. The molecule has 0 atom stereocenters. The zero-order valence-electron chi connectivity index (χ0n) is 25.6. The molecule has 0 unspecified atom stereocenters. The fourth-order valence-electron chi connectivity index (χ4n) is 4.92. The summed E-state index contributed by atoms with van der Waals surface area (Å²) in [5.41, 5.74) is 9.73. The van der Waals surface area contributed by atoms with Gasteiger partial charge in [0.1, 0.15) is 0 Å². The Morgan fingerprint density at radius 3 is 0.909 bits per heavy atom. The van der Waals surface area contributed by atoms with Crippen LogP contribution in [0.3, 0.4) is 0 Å². The van der Waals surface area contributed by atoms with Crippen LogP contribution in [-0.4, -0.2) is 28.2 Å². The van der Waals surface area contributed by atoms with Crippen LogP contribution in [0.15, 0.2) is 121 Å². The zero-order valence-corrected chi connectivity index (χ0v) is 27.2. The first-order valence-electron chi connectivity index (χ1n) is 14.7. The Kier molecular flexibility index (Phi) is 8.92. The monoisotopic (exact) mass is 608 g/mol. The number of rotatable bonds is 9. The molecule has 0 amide bonds. The molecule has 0 spiro atoms. The lowest BCUT2D eigenvalue weighted by Gasteiger charge is -2.11. The average molecular weight is 609 g/mol. The molecule has 0 radical (unpaired) electrons. The van der Waals surface area contributed by atoms with E-state index in [1.54, 1.807) is 0 Å². The highest BCUT2D eigenvalue weighted by Crippen LogP contribution is 2.40. The zero-order chi connectivity index (χ0) is 30.5. The van der Waals surface area contributed by atoms with Gasteiger partial charge in [-0.2, -0.15) is 0 Å². The molecular formula is C40H36N2S2. The molecule has 0 aliphatic rings. The van der Waals surface area contributed by atoms with Crippen molar-refractivity contribution >= 4 is 58.4 Å². The molecule has 0 saturated heterocycles. The lowest BCUT2D eigenvalue weighted by molar-refractivity contribution is 1.13. The number of benzene rings is 4. The van der Waals surface area contributed by atoms with Gasteiger partial charge >= 0.3 is 0 Å². The van der Waals surface area contributed by atoms with Crippen molar-refractivity contribution < 1.29 is 0 Å². The summed E-state index contributed by atoms with van der Waals surface area (Å²) in [7, 11) is 8.25. The standard InChI is InChI=1S/C40H36N2S2/c1-41(2)35-21-13-31(14-22-35)7-5-29-9-17-33(18-10-29)37-25-27-39(43-37)40-28-26-38(44-40)34-19-11-30(12-20-34)6-8-32-15-23-36(24-16-32)42(3)4/h5-28H,1-4H3. The molecule has 218 valence electrons. The number of hydrogen-bond donors (Lipinski definition) is 0. The summed E-state index contributed by atoms with van der Waals surface area (Å²) in [6, 6.07) is 43.9. The topological polar surface area (TPSA) is 6.48 Å². The molecule has 0 aliphatic heterocycles. The van der Waals surface area contributed by atoms with E-state index in [-0.39, 0.29) is 0 Å². The first kappa shape index (κ1) is 29.4. The van der Waals surface area contributed by atoms with Crippen molar-refractivity contribution in [2.24, 2.45) is 0 Å². The van der Waals surface area contributed by atoms with Crippen molar-refractivity contribution in [3.05, 3.63) is 144 Å². The Bertz CT molecular complexity index is 1730. The van der Waals surface area contributed by atoms with Gasteiger partial charge in [0.05, 0.1) is 0 Å². The lowest BCUT2D eigenvalue weighted by atomic mass is 10.1. The number of anilines is 2. The highest BCUT2D eigenvalue weighted by atomic mass is 32.1. The third kappa shape index (κ3) is 7.11. The molecule has 2 nitrogen and oxygen atoms in total. The van der Waals surface area contributed by atoms with Crippen LogP contribution >= 0.6 is 22.7 Å². The molecule has 6 rings (SSSR count). The maximum Gasteiger partial charge on any atom is 0.0449 e. The van der Waals surface area contributed by atoms with Crippen molar-refractivity contribution in [3.8, 4) is 30.6 Å². The second-order valence-electron chi connectivity index (χ2n) is 11.2. The summed E-state index contributed by atoms with van der Waals surface area (Å²) < 4.78 is 0. The molecule has 0 saturated carbocycles. The van der Waals surface area contributed by atoms with Crippen molar-refractivity contribution in [3.63, 3.8) is 0 Å². The maximum atomic E-state index is 2.25. The third-order valence-corrected chi connectivity index (χ3v) is 10.1. The van der Waals surface area contributed by atoms with Crippen molar-refractivity contribution in [1.82, 2.24) is 0 Å². The molecule has 2 aromatic heterocycles. The Balaban J connectivity index is 1.09. The van der Waals surface area contributed by atoms with Crippen LogP contribution in [0.5, 0.6) is 0 Å². The summed E-state index contributed by atoms with van der Waals surface area (Å²) in [5, 5.41) is 0. The van der Waals surface area contributed by atoms with Crippen LogP contribution in [-0.2, 0) is 0 Å². The summed E-state index contributed by atoms with van der Waals surface area (Å²) in [6.07, 6.45) is 8.69. The van der Waals surface area contributed by atoms with Crippen LogP contribution in [0.4, 0.5) is 11.4 Å². The van der Waals surface area contributed by atoms with Crippen molar-refractivity contribution in [2.45, 2.75) is 0 Å². The highest BCUT2D eigenvalue weighted by Gasteiger charge is 2.09. The minimum absolute atomic E-state index is 1.20. The van der Waals surface area contributed by atoms with Gasteiger partial charge in [-0.1, -0.05) is 97.1 Å². The quantitative estimate of drug-likeness (QED) is 0.151. The summed E-state index contributed by atoms with van der Waals surface area (Å²) in [5.74, 6) is 0. The van der Waals surface area contributed by atoms with Gasteiger partial charge < -0.3 is 9.80 Å². The summed E-state index contributed by atoms with van der Waals surface area (Å²) in [4.78, 5) is 9.42. The van der Waals surface area contributed by atoms with Gasteiger partial charge in [0.25, 0.3) is 0 Å². The molecule has 0 bridgehead atoms. The van der Waals surface area contributed by atoms with E-state index in [1.165, 1.54) is 64.3 Å². The normalized spacial score (nSPS) is 11.5. The SMILES string of the molecule is CN(C)c1ccc(C=Cc2ccc(-c3ccc(-c4ccc(-c5ccc(C=Cc6ccc(N(C)C)cc6)cc5)s4)s3)cc2)cc1. The second-order valence-corrected chi connectivity index (χ2v) is 13.4. The molecule has 4 heteroatoms. The highest BCUT2D eigenvalue weighted by molar-refractivity contribution is 7.25. The Morgan fingerprint density at radius 1 is 0.341 bits per heavy atom. The van der Waals surface area contributed by atoms with Crippen LogP contribution in [0, 0.1) is 0 Å². The fraction of sp³-hybridized carbons (Fsp3) is 0.100. The first-order chi connectivity index (χ1) is 21.4. The second kappa shape index (κ2) is 13.3. The van der Waals surface area contributed by atoms with E-state index >= 15 is 0 Å². The Hall–Kier alpha value is -4.64. The minimum atomic E-state index is 1.20. The van der Waals surface area contributed by atoms with E-state index in [0.717, 1.165) is 0 Å². The van der Waals surface area contributed by atoms with Gasteiger partial charge in [0, 0.05) is 59.1 Å². The van der Waals surface area contributed by atoms with Crippen molar-refractivity contribution in [2.75, 3.05) is 38.0 Å². The van der Waals surface area contributed by atoms with Gasteiger partial charge in [-0.05, 0) is 81.9 Å². The van der Waals surface area contributed by atoms with Gasteiger partial charge in [-0.3, -0.25) is 0 Å². The molecular weight excluding hydrogens is 573 g/mol. The lowest BCUT2D eigenvalue weighted by Crippen LogP contribution is -2.07. The van der Waals surface area contributed by atoms with E-state index in [9.17, 15) is 0 Å². The van der Waals surface area contributed by atoms with E-state index < -0.39 is 0 Å². The van der Waals surface area contributed by atoms with Crippen LogP contribution in [0.1, 0.15) is 22.3 Å². The molecule has 2 heterocycles. The van der Waals surface area contributed by atoms with Crippen LogP contribution < -0.4 is 9.80 Å². The number of thiophene rings is 2. The Labute approximate surface area is 269 Å². The van der Waals surface area contributed by atoms with Gasteiger partial charge in [-0.15, -0.1) is 22.7 Å². The maximum absolute atomic E-state index is 2.25. The van der Waals surface area contributed by atoms with E-state index in [1.807, 2.05) is 22.7 Å². The van der Waals surface area contributed by atoms with E-state index in [4.69, 9.17) is 0 Å². The number of nitrogens with zero attached hydrogens (tertiary/aromatic N) is 2. The van der Waals surface area contributed by atoms with Crippen LogP contribution in [0.2, 0.25) is 0 Å². The third-order valence-electron chi connectivity index (χ3n) is 7.60. The Morgan fingerprint density at radius 2 is 0.614 bits per heavy atom. The van der Waals surface area contributed by atoms with Gasteiger partial charge in [-0.25, -0.2) is 0 Å². The fourth-order valence-corrected chi connectivity index (χ4v) is 7.03. The average Bonchev–Trinajstić information content (AvgIpc) is 3.75. The predicted octanol–water partition coefficient (Wildman–Crippen LogP) is 11.3. The molecule has 44 heavy (non-hydrogen) atoms. The van der Waals surface area contributed by atoms with Gasteiger partial charge in [0.15, 0.2) is 0 Å². The summed E-state index contributed by atoms with van der Waals surface area (Å²) in [6.45, 7) is 0. The summed E-state index contributed by atoms with van der Waals surface area (Å²) >= 11 is 3.71. The molecule has 4 aromatic carbocycles. The first-order valence-corrected chi connectivity index (χ1v) is 16.4.